The zero-order valence-electron chi connectivity index (χ0n) is 17.7. The maximum atomic E-state index is 13.1. The van der Waals surface area contributed by atoms with Crippen LogP contribution in [0.25, 0.3) is 27.9 Å². The molecule has 3 aromatic heterocycles. The van der Waals surface area contributed by atoms with Gasteiger partial charge in [0, 0.05) is 35.9 Å². The third-order valence-corrected chi connectivity index (χ3v) is 5.36. The second kappa shape index (κ2) is 8.23. The number of benzene rings is 2. The summed E-state index contributed by atoms with van der Waals surface area (Å²) < 4.78 is 26.6. The highest BCUT2D eigenvalue weighted by Crippen LogP contribution is 2.24. The van der Waals surface area contributed by atoms with E-state index >= 15 is 0 Å². The number of ether oxygens (including phenoxy) is 1. The molecule has 0 saturated heterocycles. The first kappa shape index (κ1) is 20.4. The third-order valence-electron chi connectivity index (χ3n) is 5.36. The quantitative estimate of drug-likeness (QED) is 0.437. The van der Waals surface area contributed by atoms with Gasteiger partial charge in [-0.3, -0.25) is 10.2 Å². The van der Waals surface area contributed by atoms with Gasteiger partial charge in [0.15, 0.2) is 12.4 Å². The van der Waals surface area contributed by atoms with E-state index in [9.17, 15) is 9.18 Å². The number of nitrogens with zero attached hydrogens (tertiary/aromatic N) is 3. The molecule has 8 heteroatoms. The van der Waals surface area contributed by atoms with Crippen molar-refractivity contribution in [3.05, 3.63) is 90.4 Å². The summed E-state index contributed by atoms with van der Waals surface area (Å²) in [6, 6.07) is 18.1. The summed E-state index contributed by atoms with van der Waals surface area (Å²) in [4.78, 5) is 18.3. The standard InChI is InChI=1S/C25H19FN4O3/c1-29(17-6-4-16(26)5-7-17)25(31)14-32-19-8-9-23-20(12-19)21(27)13-24(33-23)22-11-18-3-2-10-30(18)15-28-22/h2-13,15,27H,14H2,1H3. The molecule has 7 nitrogen and oxygen atoms in total. The molecule has 0 radical (unpaired) electrons. The first-order valence-electron chi connectivity index (χ1n) is 10.2. The Kier molecular flexibility index (Phi) is 5.10. The number of aromatic nitrogens is 2. The average Bonchev–Trinajstić information content (AvgIpc) is 3.30. The molecule has 0 atom stereocenters. The molecule has 2 aromatic carbocycles. The highest BCUT2D eigenvalue weighted by Gasteiger charge is 2.13. The van der Waals surface area contributed by atoms with Gasteiger partial charge in [-0.2, -0.15) is 0 Å². The number of hydrogen-bond acceptors (Lipinski definition) is 5. The van der Waals surface area contributed by atoms with Crippen molar-refractivity contribution in [1.82, 2.24) is 9.38 Å². The Morgan fingerprint density at radius 2 is 1.97 bits per heavy atom. The van der Waals surface area contributed by atoms with E-state index in [-0.39, 0.29) is 23.7 Å². The number of carbonyl (C=O) groups excluding carboxylic acids is 1. The fraction of sp³-hybridized carbons (Fsp3) is 0.0800. The molecule has 0 unspecified atom stereocenters. The van der Waals surface area contributed by atoms with Crippen molar-refractivity contribution >= 4 is 28.1 Å². The first-order chi connectivity index (χ1) is 16.0. The molecule has 1 N–H and O–H groups in total. The molecule has 0 saturated carbocycles. The molecule has 0 aliphatic heterocycles. The summed E-state index contributed by atoms with van der Waals surface area (Å²) in [5.74, 6) is 0.265. The number of anilines is 1. The van der Waals surface area contributed by atoms with Gasteiger partial charge in [0.2, 0.25) is 0 Å². The van der Waals surface area contributed by atoms with Crippen molar-refractivity contribution < 1.29 is 18.3 Å². The monoisotopic (exact) mass is 442 g/mol. The van der Waals surface area contributed by atoms with Crippen molar-refractivity contribution in [2.45, 2.75) is 0 Å². The van der Waals surface area contributed by atoms with Gasteiger partial charge in [-0.15, -0.1) is 0 Å². The lowest BCUT2D eigenvalue weighted by molar-refractivity contribution is -0.120. The molecule has 1 amide bonds. The predicted molar refractivity (Wildman–Crippen MR) is 122 cm³/mol. The van der Waals surface area contributed by atoms with Crippen LogP contribution in [0.4, 0.5) is 10.1 Å². The second-order valence-electron chi connectivity index (χ2n) is 7.51. The predicted octanol–water partition coefficient (Wildman–Crippen LogP) is 4.41. The number of halogens is 1. The molecular formula is C25H19FN4O3. The van der Waals surface area contributed by atoms with Crippen LogP contribution < -0.4 is 15.0 Å². The maximum absolute atomic E-state index is 13.1. The van der Waals surface area contributed by atoms with E-state index in [1.807, 2.05) is 28.8 Å². The molecule has 0 spiro atoms. The number of nitrogens with one attached hydrogen (secondary N) is 1. The minimum atomic E-state index is -0.368. The highest BCUT2D eigenvalue weighted by molar-refractivity contribution is 5.94. The van der Waals surface area contributed by atoms with Crippen LogP contribution in [-0.4, -0.2) is 28.9 Å². The molecule has 0 aliphatic rings. The molecule has 164 valence electrons. The van der Waals surface area contributed by atoms with Crippen LogP contribution in [0.1, 0.15) is 0 Å². The van der Waals surface area contributed by atoms with Crippen LogP contribution in [0, 0.1) is 11.2 Å². The largest absolute Gasteiger partial charge is 0.484 e. The summed E-state index contributed by atoms with van der Waals surface area (Å²) in [7, 11) is 1.60. The summed E-state index contributed by atoms with van der Waals surface area (Å²) in [6.45, 7) is -0.205. The molecule has 0 aliphatic carbocycles. The van der Waals surface area contributed by atoms with Crippen LogP contribution in [0.3, 0.4) is 0 Å². The second-order valence-corrected chi connectivity index (χ2v) is 7.51. The van der Waals surface area contributed by atoms with E-state index in [1.165, 1.54) is 29.2 Å². The van der Waals surface area contributed by atoms with Crippen molar-refractivity contribution in [3.63, 3.8) is 0 Å². The Morgan fingerprint density at radius 3 is 2.79 bits per heavy atom. The van der Waals surface area contributed by atoms with Crippen molar-refractivity contribution in [3.8, 4) is 17.2 Å². The van der Waals surface area contributed by atoms with Crippen LogP contribution in [0.2, 0.25) is 0 Å². The molecule has 5 aromatic rings. The summed E-state index contributed by atoms with van der Waals surface area (Å²) in [6.07, 6.45) is 3.61. The van der Waals surface area contributed by atoms with E-state index in [1.54, 1.807) is 37.6 Å². The van der Waals surface area contributed by atoms with E-state index < -0.39 is 0 Å². The Hall–Kier alpha value is -4.46. The summed E-state index contributed by atoms with van der Waals surface area (Å²) in [5, 5.41) is 9.25. The van der Waals surface area contributed by atoms with Gasteiger partial charge in [0.25, 0.3) is 5.91 Å². The van der Waals surface area contributed by atoms with Gasteiger partial charge in [0.05, 0.1) is 11.7 Å². The van der Waals surface area contributed by atoms with Gasteiger partial charge in [-0.05, 0) is 60.7 Å². The lowest BCUT2D eigenvalue weighted by Gasteiger charge is -2.17. The Morgan fingerprint density at radius 1 is 1.15 bits per heavy atom. The van der Waals surface area contributed by atoms with Crippen molar-refractivity contribution in [2.75, 3.05) is 18.6 Å². The maximum Gasteiger partial charge on any atom is 0.264 e. The minimum absolute atomic E-state index is 0.205. The van der Waals surface area contributed by atoms with Crippen LogP contribution in [-0.2, 0) is 4.79 Å². The highest BCUT2D eigenvalue weighted by atomic mass is 19.1. The number of carbonyl (C=O) groups is 1. The SMILES string of the molecule is CN(C(=O)COc1ccc2oc(-c3cc4cccn4cn3)cc(=N)c2c1)c1ccc(F)cc1. The van der Waals surface area contributed by atoms with E-state index in [0.717, 1.165) is 5.52 Å². The zero-order valence-corrected chi connectivity index (χ0v) is 17.7. The van der Waals surface area contributed by atoms with Crippen LogP contribution in [0.5, 0.6) is 5.75 Å². The molecule has 0 bridgehead atoms. The number of fused-ring (bicyclic) bond motifs is 2. The topological polar surface area (TPSA) is 83.8 Å². The third kappa shape index (κ3) is 4.06. The van der Waals surface area contributed by atoms with E-state index in [4.69, 9.17) is 14.6 Å². The molecular weight excluding hydrogens is 423 g/mol. The normalized spacial score (nSPS) is 11.1. The van der Waals surface area contributed by atoms with Crippen LogP contribution >= 0.6 is 0 Å². The minimum Gasteiger partial charge on any atom is -0.484 e. The molecule has 0 fully saturated rings. The Labute approximate surface area is 187 Å². The number of likely N-dealkylation sites (N-methyl/N-ethyl adjacent to an activating group) is 1. The average molecular weight is 442 g/mol. The smallest absolute Gasteiger partial charge is 0.264 e. The fourth-order valence-corrected chi connectivity index (χ4v) is 3.50. The van der Waals surface area contributed by atoms with E-state index in [0.29, 0.717) is 33.9 Å². The van der Waals surface area contributed by atoms with Gasteiger partial charge >= 0.3 is 0 Å². The molecule has 5 rings (SSSR count). The number of hydrogen-bond donors (Lipinski definition) is 1. The van der Waals surface area contributed by atoms with Gasteiger partial charge in [-0.1, -0.05) is 0 Å². The first-order valence-corrected chi connectivity index (χ1v) is 10.2. The van der Waals surface area contributed by atoms with E-state index in [2.05, 4.69) is 4.98 Å². The zero-order chi connectivity index (χ0) is 22.9. The lowest BCUT2D eigenvalue weighted by atomic mass is 10.2. The Bertz CT molecular complexity index is 1540. The summed E-state index contributed by atoms with van der Waals surface area (Å²) >= 11 is 0. The number of amides is 1. The Balaban J connectivity index is 1.35. The fourth-order valence-electron chi connectivity index (χ4n) is 3.50. The van der Waals surface area contributed by atoms with Gasteiger partial charge < -0.3 is 18.5 Å². The van der Waals surface area contributed by atoms with Crippen LogP contribution in [0.15, 0.2) is 83.7 Å². The van der Waals surface area contributed by atoms with Gasteiger partial charge in [-0.25, -0.2) is 9.37 Å². The summed E-state index contributed by atoms with van der Waals surface area (Å²) in [5.41, 5.74) is 2.68. The number of rotatable bonds is 5. The molecule has 33 heavy (non-hydrogen) atoms. The lowest BCUT2D eigenvalue weighted by Crippen LogP contribution is -2.31. The van der Waals surface area contributed by atoms with Crippen molar-refractivity contribution in [2.24, 2.45) is 0 Å². The van der Waals surface area contributed by atoms with Gasteiger partial charge in [0.1, 0.15) is 22.8 Å². The molecule has 3 heterocycles. The van der Waals surface area contributed by atoms with Crippen molar-refractivity contribution in [1.29, 1.82) is 5.41 Å².